The molecule has 1 heterocycles. The largest absolute Gasteiger partial charge is 0.505 e. The van der Waals surface area contributed by atoms with Gasteiger partial charge in [0.25, 0.3) is 5.76 Å². The van der Waals surface area contributed by atoms with Gasteiger partial charge in [-0.2, -0.15) is 0 Å². The molecule has 1 rings (SSSR count). The van der Waals surface area contributed by atoms with Crippen molar-refractivity contribution in [1.82, 2.24) is 0 Å². The smallest absolute Gasteiger partial charge is 0.378 e. The molecule has 0 spiro atoms. The van der Waals surface area contributed by atoms with E-state index < -0.39 is 12.1 Å². The highest BCUT2D eigenvalue weighted by Gasteiger charge is 2.35. The number of aliphatic hydroxyl groups is 1. The van der Waals surface area contributed by atoms with Crippen LogP contribution < -0.4 is 0 Å². The Hall–Kier alpha value is -2.49. The number of carbonyl (C=O) groups is 1. The lowest BCUT2D eigenvalue weighted by atomic mass is 10.1. The van der Waals surface area contributed by atoms with Gasteiger partial charge < -0.3 is 14.6 Å². The molecule has 0 fully saturated rings. The van der Waals surface area contributed by atoms with Crippen LogP contribution in [0.4, 0.5) is 0 Å². The topological polar surface area (TPSA) is 55.8 Å². The van der Waals surface area contributed by atoms with Crippen molar-refractivity contribution < 1.29 is 19.4 Å². The first-order chi connectivity index (χ1) is 14.2. The summed E-state index contributed by atoms with van der Waals surface area (Å²) >= 11 is 0. The van der Waals surface area contributed by atoms with Gasteiger partial charge in [-0.3, -0.25) is 0 Å². The summed E-state index contributed by atoms with van der Waals surface area (Å²) in [5, 5.41) is 10.0. The van der Waals surface area contributed by atoms with Crippen LogP contribution in [0.5, 0.6) is 0 Å². The third kappa shape index (κ3) is 11.2. The Morgan fingerprint density at radius 1 is 0.931 bits per heavy atom. The molecule has 0 bridgehead atoms. The lowest BCUT2D eigenvalue weighted by Gasteiger charge is -2.07. The summed E-state index contributed by atoms with van der Waals surface area (Å²) < 4.78 is 10.2. The van der Waals surface area contributed by atoms with Gasteiger partial charge in [-0.05, 0) is 51.9 Å². The minimum atomic E-state index is -0.617. The van der Waals surface area contributed by atoms with Gasteiger partial charge in [-0.25, -0.2) is 4.79 Å². The number of hydrogen-bond donors (Lipinski definition) is 1. The second-order valence-corrected chi connectivity index (χ2v) is 6.86. The van der Waals surface area contributed by atoms with Crippen molar-refractivity contribution in [2.45, 2.75) is 77.7 Å². The van der Waals surface area contributed by atoms with Crippen molar-refractivity contribution in [2.24, 2.45) is 0 Å². The predicted molar refractivity (Wildman–Crippen MR) is 119 cm³/mol. The van der Waals surface area contributed by atoms with Gasteiger partial charge in [0.05, 0.1) is 6.26 Å². The highest BCUT2D eigenvalue weighted by Crippen LogP contribution is 2.25. The number of carbonyl (C=O) groups excluding carboxylic acids is 1. The van der Waals surface area contributed by atoms with Crippen LogP contribution in [0.1, 0.15) is 71.6 Å². The fraction of sp³-hybridized carbons (Fsp3) is 0.480. The first kappa shape index (κ1) is 24.5. The molecule has 1 N–H and O–H groups in total. The van der Waals surface area contributed by atoms with Gasteiger partial charge in [0.15, 0.2) is 11.9 Å². The molecule has 0 aromatic heterocycles. The summed E-state index contributed by atoms with van der Waals surface area (Å²) in [5.41, 5.74) is 0. The van der Waals surface area contributed by atoms with Gasteiger partial charge >= 0.3 is 5.97 Å². The van der Waals surface area contributed by atoms with E-state index in [0.29, 0.717) is 6.42 Å². The van der Waals surface area contributed by atoms with Crippen molar-refractivity contribution in [3.8, 4) is 0 Å². The van der Waals surface area contributed by atoms with Crippen molar-refractivity contribution in [2.75, 3.05) is 0 Å². The summed E-state index contributed by atoms with van der Waals surface area (Å²) in [6.07, 6.45) is 28.8. The Labute approximate surface area is 176 Å². The Kier molecular flexibility index (Phi) is 13.9. The molecular formula is C25H36O4. The quantitative estimate of drug-likeness (QED) is 0.139. The minimum absolute atomic E-state index is 0.111. The molecule has 0 saturated carbocycles. The van der Waals surface area contributed by atoms with Crippen LogP contribution in [0.2, 0.25) is 0 Å². The molecule has 4 heteroatoms. The fourth-order valence-corrected chi connectivity index (χ4v) is 2.74. The van der Waals surface area contributed by atoms with E-state index in [1.165, 1.54) is 31.9 Å². The Morgan fingerprint density at radius 3 is 2.10 bits per heavy atom. The molecule has 0 aromatic rings. The third-order valence-corrected chi connectivity index (χ3v) is 4.35. The maximum Gasteiger partial charge on any atom is 0.378 e. The second-order valence-electron chi connectivity index (χ2n) is 6.86. The monoisotopic (exact) mass is 400 g/mol. The van der Waals surface area contributed by atoms with Gasteiger partial charge in [0, 0.05) is 0 Å². The van der Waals surface area contributed by atoms with Crippen LogP contribution in [-0.4, -0.2) is 17.2 Å². The number of esters is 1. The molecule has 29 heavy (non-hydrogen) atoms. The van der Waals surface area contributed by atoms with Crippen LogP contribution in [0.25, 0.3) is 0 Å². The van der Waals surface area contributed by atoms with Crippen LogP contribution in [0, 0.1) is 0 Å². The van der Waals surface area contributed by atoms with E-state index in [1.807, 2.05) is 6.08 Å². The number of hydrogen-bond acceptors (Lipinski definition) is 4. The number of allylic oxidation sites excluding steroid dienone is 9. The highest BCUT2D eigenvalue weighted by atomic mass is 16.6. The van der Waals surface area contributed by atoms with E-state index in [2.05, 4.69) is 49.5 Å². The van der Waals surface area contributed by atoms with E-state index in [4.69, 9.17) is 9.47 Å². The molecule has 0 aliphatic carbocycles. The summed E-state index contributed by atoms with van der Waals surface area (Å²) in [5.74, 6) is -0.846. The van der Waals surface area contributed by atoms with Crippen molar-refractivity contribution in [1.29, 1.82) is 0 Å². The Bertz CT molecular complexity index is 635. The van der Waals surface area contributed by atoms with Crippen molar-refractivity contribution in [3.63, 3.8) is 0 Å². The molecule has 1 aliphatic heterocycles. The van der Waals surface area contributed by atoms with Gasteiger partial charge in [0.2, 0.25) is 0 Å². The molecule has 1 aliphatic rings. The number of cyclic esters (lactones) is 1. The van der Waals surface area contributed by atoms with E-state index in [1.54, 1.807) is 13.0 Å². The number of rotatable bonds is 15. The number of aliphatic hydroxyl groups excluding tert-OH is 1. The molecule has 160 valence electrons. The predicted octanol–water partition coefficient (Wildman–Crippen LogP) is 6.99. The fourth-order valence-electron chi connectivity index (χ4n) is 2.74. The maximum absolute atomic E-state index is 11.6. The van der Waals surface area contributed by atoms with Crippen LogP contribution in [0.3, 0.4) is 0 Å². The number of unbranched alkanes of at least 4 members (excludes halogenated alkanes) is 3. The molecule has 1 atom stereocenters. The average Bonchev–Trinajstić information content (AvgIpc) is 2.99. The highest BCUT2D eigenvalue weighted by molar-refractivity contribution is 5.89. The normalized spacial score (nSPS) is 17.9. The zero-order valence-corrected chi connectivity index (χ0v) is 17.9. The molecule has 0 saturated heterocycles. The van der Waals surface area contributed by atoms with E-state index in [-0.39, 0.29) is 11.5 Å². The van der Waals surface area contributed by atoms with Gasteiger partial charge in [-0.15, -0.1) is 0 Å². The van der Waals surface area contributed by atoms with Gasteiger partial charge in [-0.1, -0.05) is 74.4 Å². The first-order valence-electron chi connectivity index (χ1n) is 10.7. The van der Waals surface area contributed by atoms with E-state index in [0.717, 1.165) is 25.7 Å². The molecule has 0 amide bonds. The third-order valence-electron chi connectivity index (χ3n) is 4.35. The molecular weight excluding hydrogens is 364 g/mol. The first-order valence-corrected chi connectivity index (χ1v) is 10.7. The zero-order valence-electron chi connectivity index (χ0n) is 17.9. The standard InChI is InChI=1S/C25H36O4/c1-3-5-6-7-8-9-10-11-12-13-14-15-16-17-18-19-20-22-23(26)24(25(27)29-22)28-21-4-2/h4,8-9,11-12,14-15,17-18,21-22,26H,3,5-7,10,13,16,19-20H2,1-2H3/b9-8-,12-11-,15-14-,18-17-,21-4-/t22-/m0/s1. The Morgan fingerprint density at radius 2 is 1.52 bits per heavy atom. The second kappa shape index (κ2) is 16.5. The van der Waals surface area contributed by atoms with Crippen molar-refractivity contribution in [3.05, 3.63) is 72.5 Å². The Balaban J connectivity index is 2.11. The molecule has 0 aromatic carbocycles. The zero-order chi connectivity index (χ0) is 21.2. The van der Waals surface area contributed by atoms with Crippen LogP contribution in [-0.2, 0) is 14.3 Å². The lowest BCUT2D eigenvalue weighted by molar-refractivity contribution is -0.142. The lowest BCUT2D eigenvalue weighted by Crippen LogP contribution is -2.10. The van der Waals surface area contributed by atoms with Crippen molar-refractivity contribution >= 4 is 5.97 Å². The molecule has 4 nitrogen and oxygen atoms in total. The van der Waals surface area contributed by atoms with E-state index in [9.17, 15) is 9.90 Å². The van der Waals surface area contributed by atoms with Crippen LogP contribution >= 0.6 is 0 Å². The maximum atomic E-state index is 11.6. The summed E-state index contributed by atoms with van der Waals surface area (Å²) in [6.45, 7) is 3.99. The summed E-state index contributed by atoms with van der Waals surface area (Å²) in [4.78, 5) is 11.6. The summed E-state index contributed by atoms with van der Waals surface area (Å²) in [6, 6.07) is 0. The number of ether oxygens (including phenoxy) is 2. The average molecular weight is 401 g/mol. The summed E-state index contributed by atoms with van der Waals surface area (Å²) in [7, 11) is 0. The minimum Gasteiger partial charge on any atom is -0.505 e. The van der Waals surface area contributed by atoms with Gasteiger partial charge in [0.1, 0.15) is 0 Å². The van der Waals surface area contributed by atoms with E-state index >= 15 is 0 Å². The molecule has 0 radical (unpaired) electrons. The molecule has 0 unspecified atom stereocenters. The SMILES string of the molecule is C/C=C\OC1=C(O)[C@H](CC/C=C\C/C=C\C/C=C\C/C=C\CCCCC)OC1=O. The van der Waals surface area contributed by atoms with Crippen LogP contribution in [0.15, 0.2) is 72.5 Å².